The summed E-state index contributed by atoms with van der Waals surface area (Å²) in [4.78, 5) is 51.7. The lowest BCUT2D eigenvalue weighted by Gasteiger charge is -2.34. The minimum atomic E-state index is -2.84. The average Bonchev–Trinajstić information content (AvgIpc) is 3.24. The van der Waals surface area contributed by atoms with E-state index in [1.165, 1.54) is 0 Å². The fraction of sp³-hybridized carbons (Fsp3) is 0.364. The molecule has 3 heterocycles. The quantitative estimate of drug-likeness (QED) is 0.480. The van der Waals surface area contributed by atoms with Gasteiger partial charge in [-0.1, -0.05) is 0 Å². The van der Waals surface area contributed by atoms with E-state index in [9.17, 15) is 23.2 Å². The van der Waals surface area contributed by atoms with Gasteiger partial charge >= 0.3 is 6.03 Å². The molecule has 33 heavy (non-hydrogen) atoms. The van der Waals surface area contributed by atoms with Gasteiger partial charge in [0.1, 0.15) is 11.4 Å². The first-order valence-corrected chi connectivity index (χ1v) is 10.5. The lowest BCUT2D eigenvalue weighted by molar-refractivity contribution is -0.135. The number of Topliss-reactive ketones (excluding diaryl/α,β-unsaturated/α-hetero) is 1. The van der Waals surface area contributed by atoms with Crippen LogP contribution in [0.4, 0.5) is 13.6 Å². The van der Waals surface area contributed by atoms with E-state index < -0.39 is 48.6 Å². The van der Waals surface area contributed by atoms with Gasteiger partial charge in [-0.3, -0.25) is 19.1 Å². The number of rotatable bonds is 4. The van der Waals surface area contributed by atoms with Crippen LogP contribution in [0, 0.1) is 6.92 Å². The van der Waals surface area contributed by atoms with Crippen LogP contribution < -0.4 is 5.32 Å². The first-order valence-electron chi connectivity index (χ1n) is 10.5. The smallest absolute Gasteiger partial charge is 0.323 e. The third kappa shape index (κ3) is 3.53. The highest BCUT2D eigenvalue weighted by Gasteiger charge is 2.55. The summed E-state index contributed by atoms with van der Waals surface area (Å²) in [5, 5.41) is 2.54. The van der Waals surface area contributed by atoms with E-state index in [2.05, 4.69) is 20.3 Å². The average molecular weight is 454 g/mol. The molecule has 0 atom stereocenters. The summed E-state index contributed by atoms with van der Waals surface area (Å²) >= 11 is 0. The lowest BCUT2D eigenvalue weighted by Crippen LogP contribution is -2.51. The van der Waals surface area contributed by atoms with Gasteiger partial charge in [-0.15, -0.1) is 0 Å². The van der Waals surface area contributed by atoms with Crippen molar-refractivity contribution in [1.82, 2.24) is 29.7 Å². The second-order valence-electron chi connectivity index (χ2n) is 8.43. The van der Waals surface area contributed by atoms with Crippen molar-refractivity contribution in [2.75, 3.05) is 6.54 Å². The highest BCUT2D eigenvalue weighted by molar-refractivity contribution is 6.11. The summed E-state index contributed by atoms with van der Waals surface area (Å²) in [6, 6.07) is 5.89. The normalized spacial score (nSPS) is 19.3. The monoisotopic (exact) mass is 454 g/mol. The van der Waals surface area contributed by atoms with Crippen molar-refractivity contribution in [2.45, 2.75) is 44.1 Å². The van der Waals surface area contributed by atoms with E-state index in [-0.39, 0.29) is 12.8 Å². The molecule has 1 aromatic carbocycles. The van der Waals surface area contributed by atoms with E-state index in [0.29, 0.717) is 22.7 Å². The van der Waals surface area contributed by atoms with Crippen molar-refractivity contribution < 1.29 is 23.2 Å². The zero-order chi connectivity index (χ0) is 23.4. The van der Waals surface area contributed by atoms with Crippen molar-refractivity contribution in [2.24, 2.45) is 0 Å². The van der Waals surface area contributed by atoms with E-state index in [0.717, 1.165) is 10.6 Å². The van der Waals surface area contributed by atoms with Crippen LogP contribution >= 0.6 is 0 Å². The predicted molar refractivity (Wildman–Crippen MR) is 112 cm³/mol. The lowest BCUT2D eigenvalue weighted by atomic mass is 9.80. The van der Waals surface area contributed by atoms with Gasteiger partial charge in [0, 0.05) is 36.5 Å². The van der Waals surface area contributed by atoms with Crippen LogP contribution in [0.5, 0.6) is 0 Å². The van der Waals surface area contributed by atoms with Crippen LogP contribution in [-0.4, -0.2) is 60.1 Å². The largest absolute Gasteiger partial charge is 0.325 e. The topological polar surface area (TPSA) is 110 Å². The number of aryl methyl sites for hydroxylation is 1. The molecule has 2 fully saturated rings. The Morgan fingerprint density at radius 3 is 2.42 bits per heavy atom. The molecule has 2 aliphatic rings. The summed E-state index contributed by atoms with van der Waals surface area (Å²) in [7, 11) is 0. The van der Waals surface area contributed by atoms with Gasteiger partial charge in [0.05, 0.1) is 6.54 Å². The summed E-state index contributed by atoms with van der Waals surface area (Å²) in [5.74, 6) is -3.22. The van der Waals surface area contributed by atoms with E-state index in [4.69, 9.17) is 0 Å². The van der Waals surface area contributed by atoms with Crippen LogP contribution in [0.1, 0.15) is 41.9 Å². The number of hydrogen-bond donors (Lipinski definition) is 1. The molecule has 3 aromatic rings. The molecular weight excluding hydrogens is 434 g/mol. The van der Waals surface area contributed by atoms with Gasteiger partial charge in [-0.2, -0.15) is 0 Å². The van der Waals surface area contributed by atoms with Gasteiger partial charge in [0.15, 0.2) is 17.1 Å². The number of benzene rings is 1. The van der Waals surface area contributed by atoms with E-state index in [1.54, 1.807) is 41.2 Å². The number of amides is 3. The third-order valence-corrected chi connectivity index (χ3v) is 6.29. The number of carbonyl (C=O) groups is 3. The van der Waals surface area contributed by atoms with Crippen molar-refractivity contribution in [1.29, 1.82) is 0 Å². The number of hydrogen-bond acceptors (Lipinski definition) is 6. The fourth-order valence-electron chi connectivity index (χ4n) is 4.46. The first kappa shape index (κ1) is 21.1. The zero-order valence-electron chi connectivity index (χ0n) is 17.7. The molecular formula is C22H20F2N6O3. The maximum Gasteiger partial charge on any atom is 0.325 e. The number of urea groups is 1. The molecule has 1 aliphatic carbocycles. The first-order chi connectivity index (χ1) is 15.7. The minimum absolute atomic E-state index is 0.148. The number of fused-ring (bicyclic) bond motifs is 1. The zero-order valence-corrected chi connectivity index (χ0v) is 17.7. The number of carbonyl (C=O) groups excluding carboxylic acids is 3. The molecule has 1 N–H and O–H groups in total. The van der Waals surface area contributed by atoms with E-state index >= 15 is 0 Å². The standard InChI is InChI=1S/C22H20F2N6O3/c1-13-27-17-18(26-11-10-25-17)30(13)15-4-2-14(3-5-15)16(31)12-29-19(32)21(28-20(29)33)6-8-22(23,24)9-7-21/h2-5,10-11H,6-9,12H2,1H3,(H,28,33). The third-order valence-electron chi connectivity index (χ3n) is 6.29. The number of imide groups is 1. The Labute approximate surface area is 186 Å². The van der Waals surface area contributed by atoms with Crippen LogP contribution in [-0.2, 0) is 4.79 Å². The molecule has 1 aliphatic heterocycles. The molecule has 9 nitrogen and oxygen atoms in total. The van der Waals surface area contributed by atoms with Gasteiger partial charge in [-0.05, 0) is 44.0 Å². The van der Waals surface area contributed by atoms with Gasteiger partial charge in [-0.25, -0.2) is 28.5 Å². The second-order valence-corrected chi connectivity index (χ2v) is 8.43. The number of aromatic nitrogens is 4. The maximum absolute atomic E-state index is 13.5. The summed E-state index contributed by atoms with van der Waals surface area (Å²) < 4.78 is 28.9. The van der Waals surface area contributed by atoms with Crippen LogP contribution in [0.2, 0.25) is 0 Å². The highest BCUT2D eigenvalue weighted by Crippen LogP contribution is 2.41. The number of ketones is 1. The number of alkyl halides is 2. The molecule has 0 bridgehead atoms. The van der Waals surface area contributed by atoms with Crippen LogP contribution in [0.3, 0.4) is 0 Å². The number of nitrogens with zero attached hydrogens (tertiary/aromatic N) is 5. The molecule has 0 unspecified atom stereocenters. The van der Waals surface area contributed by atoms with Crippen LogP contribution in [0.25, 0.3) is 17.0 Å². The second kappa shape index (κ2) is 7.39. The van der Waals surface area contributed by atoms with Gasteiger partial charge in [0.25, 0.3) is 5.91 Å². The minimum Gasteiger partial charge on any atom is -0.323 e. The Kier molecular flexibility index (Phi) is 4.73. The SMILES string of the molecule is Cc1nc2nccnc2n1-c1ccc(C(=O)CN2C(=O)NC3(CCC(F)(F)CC3)C2=O)cc1. The van der Waals surface area contributed by atoms with Crippen molar-refractivity contribution in [3.8, 4) is 5.69 Å². The van der Waals surface area contributed by atoms with Crippen molar-refractivity contribution in [3.05, 3.63) is 48.0 Å². The Morgan fingerprint density at radius 2 is 1.73 bits per heavy atom. The van der Waals surface area contributed by atoms with Gasteiger partial charge in [0.2, 0.25) is 5.92 Å². The molecule has 1 saturated carbocycles. The number of halogens is 2. The molecule has 1 spiro atoms. The Morgan fingerprint density at radius 1 is 1.06 bits per heavy atom. The van der Waals surface area contributed by atoms with Gasteiger partial charge < -0.3 is 5.32 Å². The molecule has 11 heteroatoms. The summed E-state index contributed by atoms with van der Waals surface area (Å²) in [5.41, 5.74) is 0.775. The van der Waals surface area contributed by atoms with Crippen molar-refractivity contribution >= 4 is 29.0 Å². The molecule has 170 valence electrons. The Hall–Kier alpha value is -3.76. The molecule has 1 saturated heterocycles. The molecule has 0 radical (unpaired) electrons. The molecule has 2 aromatic heterocycles. The predicted octanol–water partition coefficient (Wildman–Crippen LogP) is 2.81. The molecule has 5 rings (SSSR count). The summed E-state index contributed by atoms with van der Waals surface area (Å²) in [6.07, 6.45) is 1.87. The Balaban J connectivity index is 1.33. The molecule has 3 amide bonds. The fourth-order valence-corrected chi connectivity index (χ4v) is 4.46. The van der Waals surface area contributed by atoms with Crippen molar-refractivity contribution in [3.63, 3.8) is 0 Å². The maximum atomic E-state index is 13.5. The van der Waals surface area contributed by atoms with E-state index in [1.807, 2.05) is 6.92 Å². The van der Waals surface area contributed by atoms with Crippen LogP contribution in [0.15, 0.2) is 36.7 Å². The summed E-state index contributed by atoms with van der Waals surface area (Å²) in [6.45, 7) is 1.36. The highest BCUT2D eigenvalue weighted by atomic mass is 19.3. The number of nitrogens with one attached hydrogen (secondary N) is 1. The Bertz CT molecular complexity index is 1280. The number of imidazole rings is 1.